The van der Waals surface area contributed by atoms with E-state index in [4.69, 9.17) is 19.4 Å². The Morgan fingerprint density at radius 3 is 2.53 bits per heavy atom. The lowest BCUT2D eigenvalue weighted by Crippen LogP contribution is -2.46. The Morgan fingerprint density at radius 1 is 1.02 bits per heavy atom. The van der Waals surface area contributed by atoms with Crippen LogP contribution in [0, 0.1) is 17.3 Å². The fourth-order valence-electron chi connectivity index (χ4n) is 8.89. The number of esters is 1. The van der Waals surface area contributed by atoms with Crippen molar-refractivity contribution in [3.63, 3.8) is 0 Å². The van der Waals surface area contributed by atoms with E-state index in [0.29, 0.717) is 38.1 Å². The molecule has 2 aliphatic carbocycles. The number of rotatable bonds is 9. The fourth-order valence-corrected chi connectivity index (χ4v) is 11.3. The molecule has 4 aliphatic rings. The van der Waals surface area contributed by atoms with Gasteiger partial charge >= 0.3 is 5.97 Å². The monoisotopic (exact) mass is 857 g/mol. The molecular formula is C45H55N5O8S2. The number of sulfonamides is 1. The van der Waals surface area contributed by atoms with Crippen LogP contribution in [0.1, 0.15) is 111 Å². The molecule has 60 heavy (non-hydrogen) atoms. The number of fused-ring (bicyclic) bond motifs is 4. The molecule has 2 aliphatic heterocycles. The summed E-state index contributed by atoms with van der Waals surface area (Å²) >= 11 is 1.59. The first-order valence-electron chi connectivity index (χ1n) is 21.3. The third-order valence-electron chi connectivity index (χ3n) is 12.2. The van der Waals surface area contributed by atoms with Crippen molar-refractivity contribution >= 4 is 66.2 Å². The van der Waals surface area contributed by atoms with Crippen LogP contribution in [-0.2, 0) is 33.9 Å². The van der Waals surface area contributed by atoms with E-state index >= 15 is 0 Å². The predicted octanol–water partition coefficient (Wildman–Crippen LogP) is 7.68. The molecule has 1 saturated heterocycles. The van der Waals surface area contributed by atoms with Crippen molar-refractivity contribution in [3.05, 3.63) is 54.6 Å². The number of hydrogen-bond acceptors (Lipinski definition) is 11. The van der Waals surface area contributed by atoms with Crippen LogP contribution in [0.2, 0.25) is 0 Å². The Hall–Kier alpha value is -4.63. The predicted molar refractivity (Wildman–Crippen MR) is 230 cm³/mol. The standard InChI is InChI=1S/C45H55N5O8S2/c1-27(2)50-34-18-13-16-32(40-46-33-17-11-12-19-37(33)59-40)39(34)47-43(50)57-30-23-35-36(51)25-45(42(54)48-60(55,56)31-20-21-31)24-29(45)15-10-8-6-7-9-14-28(41(53)49(35)26-30)22-38(52)58-44(3,4)5/h10-13,15-19,27-31,35H,6-9,14,20-26H2,1-5H3,(H,48,54)/b15-10-/t28-,29-,30-,35+,45-/m1/s1. The number of hydrogen-bond donors (Lipinski definition) is 1. The molecule has 2 saturated carbocycles. The van der Waals surface area contributed by atoms with E-state index in [1.54, 1.807) is 32.1 Å². The molecule has 0 spiro atoms. The molecule has 2 aromatic heterocycles. The van der Waals surface area contributed by atoms with Crippen LogP contribution < -0.4 is 9.46 Å². The van der Waals surface area contributed by atoms with E-state index in [1.165, 1.54) is 4.90 Å². The molecule has 2 amide bonds. The Morgan fingerprint density at radius 2 is 1.80 bits per heavy atom. The quantitative estimate of drug-likeness (QED) is 0.130. The van der Waals surface area contributed by atoms with Gasteiger partial charge < -0.3 is 14.4 Å². The van der Waals surface area contributed by atoms with Gasteiger partial charge in [0.05, 0.1) is 45.4 Å². The molecule has 15 heteroatoms. The van der Waals surface area contributed by atoms with Crippen molar-refractivity contribution in [2.24, 2.45) is 17.3 Å². The number of aromatic nitrogens is 3. The summed E-state index contributed by atoms with van der Waals surface area (Å²) in [5, 5.41) is 0.232. The maximum atomic E-state index is 14.8. The van der Waals surface area contributed by atoms with Crippen molar-refractivity contribution in [2.75, 3.05) is 6.54 Å². The zero-order valence-electron chi connectivity index (χ0n) is 35.0. The lowest BCUT2D eigenvalue weighted by atomic mass is 9.90. The second-order valence-corrected chi connectivity index (χ2v) is 21.3. The van der Waals surface area contributed by atoms with E-state index in [0.717, 1.165) is 51.1 Å². The number of allylic oxidation sites excluding steroid dienone is 2. The van der Waals surface area contributed by atoms with Crippen molar-refractivity contribution < 1.29 is 37.1 Å². The highest BCUT2D eigenvalue weighted by Gasteiger charge is 2.61. The van der Waals surface area contributed by atoms with Gasteiger partial charge in [-0.2, -0.15) is 4.98 Å². The van der Waals surface area contributed by atoms with Gasteiger partial charge in [0.15, 0.2) is 5.78 Å². The van der Waals surface area contributed by atoms with Crippen LogP contribution in [0.5, 0.6) is 6.01 Å². The minimum atomic E-state index is -3.86. The first kappa shape index (κ1) is 42.1. The summed E-state index contributed by atoms with van der Waals surface area (Å²) < 4.78 is 43.8. The Labute approximate surface area is 355 Å². The van der Waals surface area contributed by atoms with Crippen molar-refractivity contribution in [2.45, 2.75) is 134 Å². The van der Waals surface area contributed by atoms with Gasteiger partial charge in [0.1, 0.15) is 22.2 Å². The van der Waals surface area contributed by atoms with Gasteiger partial charge in [0, 0.05) is 30.4 Å². The molecular weight excluding hydrogens is 803 g/mol. The zero-order valence-corrected chi connectivity index (χ0v) is 36.6. The highest BCUT2D eigenvalue weighted by atomic mass is 32.2. The molecule has 320 valence electrons. The number of Topliss-reactive ketones (excluding diaryl/α,β-unsaturated/α-hetero) is 1. The average Bonchev–Trinajstić information content (AvgIpc) is 4.01. The van der Waals surface area contributed by atoms with Gasteiger partial charge in [-0.3, -0.25) is 28.5 Å². The number of para-hydroxylation sites is 2. The van der Waals surface area contributed by atoms with Crippen LogP contribution >= 0.6 is 11.3 Å². The van der Waals surface area contributed by atoms with Crippen LogP contribution in [0.4, 0.5) is 0 Å². The Kier molecular flexibility index (Phi) is 11.5. The van der Waals surface area contributed by atoms with Gasteiger partial charge in [-0.25, -0.2) is 13.4 Å². The molecule has 5 atom stereocenters. The summed E-state index contributed by atoms with van der Waals surface area (Å²) in [4.78, 5) is 68.2. The third-order valence-corrected chi connectivity index (χ3v) is 15.1. The molecule has 4 heterocycles. The summed E-state index contributed by atoms with van der Waals surface area (Å²) in [5.41, 5.74) is 1.36. The van der Waals surface area contributed by atoms with E-state index in [2.05, 4.69) is 4.72 Å². The SMILES string of the molecule is CC(C)n1c(O[C@@H]2C[C@H]3C(=O)C[C@]4(C(=O)NS(=O)(=O)C5CC5)C[C@H]4/C=C\CCCCC[C@H](CC(=O)OC(C)(C)C)C(=O)N3C2)nc2c(-c3nc4ccccc4s3)cccc21. The summed E-state index contributed by atoms with van der Waals surface area (Å²) in [5.74, 6) is -2.88. The highest BCUT2D eigenvalue weighted by Crippen LogP contribution is 2.57. The molecule has 3 fully saturated rings. The molecule has 0 radical (unpaired) electrons. The maximum absolute atomic E-state index is 14.8. The number of thiazole rings is 1. The average molecular weight is 858 g/mol. The van der Waals surface area contributed by atoms with Gasteiger partial charge in [-0.15, -0.1) is 11.3 Å². The van der Waals surface area contributed by atoms with Crippen molar-refractivity contribution in [1.29, 1.82) is 0 Å². The van der Waals surface area contributed by atoms with Crippen molar-refractivity contribution in [1.82, 2.24) is 24.2 Å². The molecule has 8 rings (SSSR count). The maximum Gasteiger partial charge on any atom is 0.307 e. The lowest BCUT2D eigenvalue weighted by molar-refractivity contribution is -0.159. The number of ketones is 1. The number of amides is 2. The second kappa shape index (κ2) is 16.3. The smallest absolute Gasteiger partial charge is 0.307 e. The summed E-state index contributed by atoms with van der Waals surface area (Å²) in [6.07, 6.45) is 7.93. The summed E-state index contributed by atoms with van der Waals surface area (Å²) in [6.45, 7) is 9.50. The van der Waals surface area contributed by atoms with Crippen LogP contribution in [-0.4, -0.2) is 81.0 Å². The van der Waals surface area contributed by atoms with Crippen LogP contribution in [0.3, 0.4) is 0 Å². The van der Waals surface area contributed by atoms with E-state index in [-0.39, 0.29) is 49.5 Å². The number of carbonyl (C=O) groups excluding carboxylic acids is 4. The summed E-state index contributed by atoms with van der Waals surface area (Å²) in [6, 6.07) is 13.3. The highest BCUT2D eigenvalue weighted by molar-refractivity contribution is 7.90. The number of benzene rings is 2. The van der Waals surface area contributed by atoms with E-state index in [1.807, 2.05) is 73.0 Å². The third kappa shape index (κ3) is 8.75. The lowest BCUT2D eigenvalue weighted by Gasteiger charge is -2.29. The normalized spacial score (nSPS) is 26.0. The fraction of sp³-hybridized carbons (Fsp3) is 0.556. The van der Waals surface area contributed by atoms with Gasteiger partial charge in [-0.1, -0.05) is 43.2 Å². The number of ether oxygens (including phenoxy) is 2. The molecule has 0 unspecified atom stereocenters. The summed E-state index contributed by atoms with van der Waals surface area (Å²) in [7, 11) is -3.86. The minimum absolute atomic E-state index is 0.0602. The van der Waals surface area contributed by atoms with Crippen LogP contribution in [0.15, 0.2) is 54.6 Å². The molecule has 2 aromatic carbocycles. The van der Waals surface area contributed by atoms with E-state index < -0.39 is 56.2 Å². The number of nitrogens with zero attached hydrogens (tertiary/aromatic N) is 4. The topological polar surface area (TPSA) is 167 Å². The van der Waals surface area contributed by atoms with Gasteiger partial charge in [0.2, 0.25) is 21.8 Å². The van der Waals surface area contributed by atoms with Gasteiger partial charge in [-0.05, 0) is 103 Å². The molecule has 13 nitrogen and oxygen atoms in total. The Balaban J connectivity index is 1.13. The first-order chi connectivity index (χ1) is 28.5. The Bertz CT molecular complexity index is 2430. The minimum Gasteiger partial charge on any atom is -0.460 e. The molecule has 4 aromatic rings. The molecule has 1 N–H and O–H groups in total. The molecule has 0 bridgehead atoms. The first-order valence-corrected chi connectivity index (χ1v) is 23.7. The largest absolute Gasteiger partial charge is 0.460 e. The van der Waals surface area contributed by atoms with Crippen LogP contribution in [0.25, 0.3) is 31.8 Å². The van der Waals surface area contributed by atoms with Crippen molar-refractivity contribution in [3.8, 4) is 16.6 Å². The number of carbonyl (C=O) groups is 4. The van der Waals surface area contributed by atoms with Gasteiger partial charge in [0.25, 0.3) is 6.01 Å². The van der Waals surface area contributed by atoms with E-state index in [9.17, 15) is 27.6 Å². The number of imidazole rings is 1. The second-order valence-electron chi connectivity index (χ2n) is 18.3. The zero-order chi connectivity index (χ0) is 42.6. The number of nitrogens with one attached hydrogen (secondary N) is 1.